The first-order valence-corrected chi connectivity index (χ1v) is 6.66. The van der Waals surface area contributed by atoms with Gasteiger partial charge in [-0.05, 0) is 13.0 Å². The molecule has 0 aromatic heterocycles. The van der Waals surface area contributed by atoms with Crippen molar-refractivity contribution in [3.8, 4) is 11.5 Å². The fourth-order valence-corrected chi connectivity index (χ4v) is 1.79. The Morgan fingerprint density at radius 2 is 2.14 bits per heavy atom. The van der Waals surface area contributed by atoms with Gasteiger partial charge >= 0.3 is 6.61 Å². The molecule has 0 heterocycles. The van der Waals surface area contributed by atoms with Gasteiger partial charge in [0.2, 0.25) is 5.91 Å². The van der Waals surface area contributed by atoms with Gasteiger partial charge in [-0.3, -0.25) is 4.79 Å². The van der Waals surface area contributed by atoms with Gasteiger partial charge in [-0.15, -0.1) is 0 Å². The van der Waals surface area contributed by atoms with Crippen molar-refractivity contribution in [1.29, 1.82) is 0 Å². The first-order chi connectivity index (χ1) is 10.1. The number of para-hydroxylation sites is 1. The van der Waals surface area contributed by atoms with E-state index in [-0.39, 0.29) is 17.4 Å². The van der Waals surface area contributed by atoms with E-state index in [9.17, 15) is 13.6 Å². The molecule has 0 bridgehead atoms. The molecule has 1 aromatic rings. The van der Waals surface area contributed by atoms with Crippen LogP contribution in [0.15, 0.2) is 18.2 Å². The topological polar surface area (TPSA) is 59.6 Å². The summed E-state index contributed by atoms with van der Waals surface area (Å²) in [7, 11) is 1.39. The lowest BCUT2D eigenvalue weighted by Gasteiger charge is -2.14. The highest BCUT2D eigenvalue weighted by molar-refractivity contribution is 5.75. The molecule has 1 amide bonds. The van der Waals surface area contributed by atoms with Gasteiger partial charge in [-0.25, -0.2) is 0 Å². The minimum Gasteiger partial charge on any atom is -0.493 e. The van der Waals surface area contributed by atoms with E-state index in [0.717, 1.165) is 0 Å². The summed E-state index contributed by atoms with van der Waals surface area (Å²) in [5, 5.41) is 5.69. The highest BCUT2D eigenvalue weighted by Crippen LogP contribution is 2.32. The van der Waals surface area contributed by atoms with Crippen LogP contribution in [0.1, 0.15) is 18.9 Å². The molecule has 0 saturated heterocycles. The van der Waals surface area contributed by atoms with Gasteiger partial charge in [-0.1, -0.05) is 12.1 Å². The van der Waals surface area contributed by atoms with Crippen LogP contribution in [0.25, 0.3) is 0 Å². The Morgan fingerprint density at radius 1 is 1.38 bits per heavy atom. The van der Waals surface area contributed by atoms with Gasteiger partial charge in [0.25, 0.3) is 0 Å². The highest BCUT2D eigenvalue weighted by Gasteiger charge is 2.14. The Hall–Kier alpha value is -1.89. The third-order valence-corrected chi connectivity index (χ3v) is 2.71. The molecule has 5 nitrogen and oxygen atoms in total. The number of ether oxygens (including phenoxy) is 2. The van der Waals surface area contributed by atoms with E-state index in [1.807, 2.05) is 6.92 Å². The molecule has 2 N–H and O–H groups in total. The van der Waals surface area contributed by atoms with E-state index in [1.54, 1.807) is 18.2 Å². The van der Waals surface area contributed by atoms with Gasteiger partial charge in [-0.2, -0.15) is 8.78 Å². The Balaban J connectivity index is 2.59. The van der Waals surface area contributed by atoms with Crippen molar-refractivity contribution in [2.24, 2.45) is 0 Å². The van der Waals surface area contributed by atoms with Gasteiger partial charge in [0.05, 0.1) is 7.11 Å². The zero-order valence-corrected chi connectivity index (χ0v) is 12.1. The standard InChI is InChI=1S/C14H20F2N2O3/c1-3-18-12(19)7-8-17-9-10-5-4-6-11(20-2)13(10)21-14(15)16/h4-6,14,17H,3,7-9H2,1-2H3,(H,18,19). The minimum atomic E-state index is -2.92. The van der Waals surface area contributed by atoms with E-state index in [0.29, 0.717) is 31.6 Å². The van der Waals surface area contributed by atoms with Crippen LogP contribution in [0.2, 0.25) is 0 Å². The van der Waals surface area contributed by atoms with Crippen molar-refractivity contribution in [2.75, 3.05) is 20.2 Å². The molecule has 0 radical (unpaired) electrons. The molecular weight excluding hydrogens is 282 g/mol. The summed E-state index contributed by atoms with van der Waals surface area (Å²) in [6.07, 6.45) is 0.322. The zero-order valence-electron chi connectivity index (χ0n) is 12.1. The van der Waals surface area contributed by atoms with E-state index in [2.05, 4.69) is 15.4 Å². The number of rotatable bonds is 9. The van der Waals surface area contributed by atoms with Crippen molar-refractivity contribution < 1.29 is 23.0 Å². The van der Waals surface area contributed by atoms with Crippen molar-refractivity contribution in [3.05, 3.63) is 23.8 Å². The molecule has 1 rings (SSSR count). The Bertz CT molecular complexity index is 456. The van der Waals surface area contributed by atoms with E-state index < -0.39 is 6.61 Å². The lowest BCUT2D eigenvalue weighted by Crippen LogP contribution is -2.27. The second kappa shape index (κ2) is 9.12. The zero-order chi connectivity index (χ0) is 15.7. The molecule has 0 aliphatic carbocycles. The molecule has 21 heavy (non-hydrogen) atoms. The Labute approximate surface area is 122 Å². The second-order valence-corrected chi connectivity index (χ2v) is 4.21. The molecule has 7 heteroatoms. The molecule has 118 valence electrons. The maximum atomic E-state index is 12.4. The second-order valence-electron chi connectivity index (χ2n) is 4.21. The number of nitrogens with one attached hydrogen (secondary N) is 2. The molecule has 0 spiro atoms. The van der Waals surface area contributed by atoms with Crippen LogP contribution in [0.3, 0.4) is 0 Å². The van der Waals surface area contributed by atoms with Crippen molar-refractivity contribution in [3.63, 3.8) is 0 Å². The maximum Gasteiger partial charge on any atom is 0.387 e. The molecule has 1 aromatic carbocycles. The summed E-state index contributed by atoms with van der Waals surface area (Å²) in [4.78, 5) is 11.3. The molecular formula is C14H20F2N2O3. The fourth-order valence-electron chi connectivity index (χ4n) is 1.79. The number of benzene rings is 1. The van der Waals surface area contributed by atoms with E-state index in [4.69, 9.17) is 4.74 Å². The molecule has 0 saturated carbocycles. The van der Waals surface area contributed by atoms with Crippen LogP contribution >= 0.6 is 0 Å². The SMILES string of the molecule is CCNC(=O)CCNCc1cccc(OC)c1OC(F)F. The van der Waals surface area contributed by atoms with Gasteiger partial charge in [0.1, 0.15) is 0 Å². The predicted molar refractivity (Wildman–Crippen MR) is 74.6 cm³/mol. The van der Waals surface area contributed by atoms with Crippen molar-refractivity contribution in [1.82, 2.24) is 10.6 Å². The normalized spacial score (nSPS) is 10.5. The number of hydrogen-bond donors (Lipinski definition) is 2. The molecule has 0 atom stereocenters. The summed E-state index contributed by atoms with van der Waals surface area (Å²) < 4.78 is 34.4. The van der Waals surface area contributed by atoms with Crippen LogP contribution < -0.4 is 20.1 Å². The number of amides is 1. The summed E-state index contributed by atoms with van der Waals surface area (Å²) in [5.41, 5.74) is 0.547. The average Bonchev–Trinajstić information content (AvgIpc) is 2.44. The maximum absolute atomic E-state index is 12.4. The van der Waals surface area contributed by atoms with E-state index >= 15 is 0 Å². The smallest absolute Gasteiger partial charge is 0.387 e. The quantitative estimate of drug-likeness (QED) is 0.684. The third kappa shape index (κ3) is 5.95. The van der Waals surface area contributed by atoms with Crippen LogP contribution in [0.4, 0.5) is 8.78 Å². The summed E-state index contributed by atoms with van der Waals surface area (Å²) >= 11 is 0. The first-order valence-electron chi connectivity index (χ1n) is 6.66. The van der Waals surface area contributed by atoms with Crippen molar-refractivity contribution >= 4 is 5.91 Å². The lowest BCUT2D eigenvalue weighted by atomic mass is 10.2. The monoisotopic (exact) mass is 302 g/mol. The largest absolute Gasteiger partial charge is 0.493 e. The van der Waals surface area contributed by atoms with E-state index in [1.165, 1.54) is 7.11 Å². The average molecular weight is 302 g/mol. The number of carbonyl (C=O) groups is 1. The molecule has 0 aliphatic rings. The first kappa shape index (κ1) is 17.2. The molecule has 0 aliphatic heterocycles. The summed E-state index contributed by atoms with van der Waals surface area (Å²) in [5.74, 6) is 0.207. The van der Waals surface area contributed by atoms with Gasteiger partial charge in [0, 0.05) is 31.6 Å². The van der Waals surface area contributed by atoms with Crippen LogP contribution in [0.5, 0.6) is 11.5 Å². The highest BCUT2D eigenvalue weighted by atomic mass is 19.3. The third-order valence-electron chi connectivity index (χ3n) is 2.71. The van der Waals surface area contributed by atoms with Crippen LogP contribution in [-0.4, -0.2) is 32.7 Å². The van der Waals surface area contributed by atoms with Crippen LogP contribution in [-0.2, 0) is 11.3 Å². The Morgan fingerprint density at radius 3 is 2.76 bits per heavy atom. The summed E-state index contributed by atoms with van der Waals surface area (Å²) in [6, 6.07) is 4.91. The molecule has 0 fully saturated rings. The number of alkyl halides is 2. The number of halogens is 2. The predicted octanol–water partition coefficient (Wildman–Crippen LogP) is 1.91. The minimum absolute atomic E-state index is 0.0144. The van der Waals surface area contributed by atoms with Gasteiger partial charge < -0.3 is 20.1 Å². The number of hydrogen-bond acceptors (Lipinski definition) is 4. The Kier molecular flexibility index (Phi) is 7.45. The summed E-state index contributed by atoms with van der Waals surface area (Å²) in [6.45, 7) is 0.252. The van der Waals surface area contributed by atoms with Crippen LogP contribution in [0, 0.1) is 0 Å². The number of methoxy groups -OCH3 is 1. The fraction of sp³-hybridized carbons (Fsp3) is 0.500. The van der Waals surface area contributed by atoms with Gasteiger partial charge in [0.15, 0.2) is 11.5 Å². The lowest BCUT2D eigenvalue weighted by molar-refractivity contribution is -0.120. The number of carbonyl (C=O) groups excluding carboxylic acids is 1. The van der Waals surface area contributed by atoms with Crippen molar-refractivity contribution in [2.45, 2.75) is 26.5 Å². The molecule has 0 unspecified atom stereocenters.